The van der Waals surface area contributed by atoms with Gasteiger partial charge in [-0.05, 0) is 51.0 Å². The van der Waals surface area contributed by atoms with Crippen molar-refractivity contribution in [3.8, 4) is 0 Å². The summed E-state index contributed by atoms with van der Waals surface area (Å²) < 4.78 is 0. The van der Waals surface area contributed by atoms with E-state index in [0.717, 1.165) is 5.56 Å². The first-order chi connectivity index (χ1) is 10.3. The molecule has 1 aromatic rings. The summed E-state index contributed by atoms with van der Waals surface area (Å²) in [5.74, 6) is -0.325. The van der Waals surface area contributed by atoms with Gasteiger partial charge in [-0.25, -0.2) is 0 Å². The molecule has 0 spiro atoms. The molecule has 3 N–H and O–H groups in total. The number of carbonyl (C=O) groups is 2. The van der Waals surface area contributed by atoms with Crippen LogP contribution in [0.1, 0.15) is 36.2 Å². The van der Waals surface area contributed by atoms with Crippen LogP contribution in [0.25, 0.3) is 0 Å². The van der Waals surface area contributed by atoms with Crippen LogP contribution in [0.4, 0.5) is 0 Å². The van der Waals surface area contributed by atoms with E-state index >= 15 is 0 Å². The number of nitrogens with zero attached hydrogens (tertiary/aromatic N) is 1. The number of aryl methyl sites for hydroxylation is 1. The minimum Gasteiger partial charge on any atom is -0.352 e. The smallest absolute Gasteiger partial charge is 0.254 e. The van der Waals surface area contributed by atoms with Crippen LogP contribution < -0.4 is 11.1 Å². The third-order valence-electron chi connectivity index (χ3n) is 3.75. The van der Waals surface area contributed by atoms with Crippen molar-refractivity contribution < 1.29 is 9.59 Å². The Labute approximate surface area is 135 Å². The number of amides is 2. The van der Waals surface area contributed by atoms with Crippen LogP contribution in [0.3, 0.4) is 0 Å². The van der Waals surface area contributed by atoms with Crippen molar-refractivity contribution in [1.29, 1.82) is 0 Å². The molecule has 0 saturated carbocycles. The highest BCUT2D eigenvalue weighted by Gasteiger charge is 2.38. The molecule has 1 saturated heterocycles. The standard InChI is InChI=1S/C16H22ClN3O2/c1-9(2)19-15(21)14-7-12(18)8-20(14)16(22)13-5-4-11(17)6-10(13)3/h4-6,9,12,14H,7-8,18H2,1-3H3,(H,19,21)/t12-,14-/m0/s1. The summed E-state index contributed by atoms with van der Waals surface area (Å²) in [7, 11) is 0. The summed E-state index contributed by atoms with van der Waals surface area (Å²) in [5.41, 5.74) is 7.32. The maximum absolute atomic E-state index is 12.8. The minimum absolute atomic E-state index is 0.0264. The summed E-state index contributed by atoms with van der Waals surface area (Å²) in [4.78, 5) is 26.6. The van der Waals surface area contributed by atoms with Crippen molar-refractivity contribution in [1.82, 2.24) is 10.2 Å². The van der Waals surface area contributed by atoms with Crippen LogP contribution in [-0.4, -0.2) is 41.4 Å². The molecule has 0 radical (unpaired) electrons. The molecule has 6 heteroatoms. The van der Waals surface area contributed by atoms with Crippen molar-refractivity contribution in [3.63, 3.8) is 0 Å². The summed E-state index contributed by atoms with van der Waals surface area (Å²) in [6, 6.07) is 4.45. The van der Waals surface area contributed by atoms with E-state index in [9.17, 15) is 9.59 Å². The predicted molar refractivity (Wildman–Crippen MR) is 86.9 cm³/mol. The average molecular weight is 324 g/mol. The Bertz CT molecular complexity index is 589. The average Bonchev–Trinajstić information content (AvgIpc) is 2.79. The highest BCUT2D eigenvalue weighted by molar-refractivity contribution is 6.30. The summed E-state index contributed by atoms with van der Waals surface area (Å²) >= 11 is 5.93. The van der Waals surface area contributed by atoms with E-state index in [1.807, 2.05) is 20.8 Å². The van der Waals surface area contributed by atoms with Crippen LogP contribution in [-0.2, 0) is 4.79 Å². The number of likely N-dealkylation sites (tertiary alicyclic amines) is 1. The van der Waals surface area contributed by atoms with E-state index in [4.69, 9.17) is 17.3 Å². The van der Waals surface area contributed by atoms with Crippen LogP contribution in [0.5, 0.6) is 0 Å². The number of nitrogens with two attached hydrogens (primary N) is 1. The van der Waals surface area contributed by atoms with E-state index in [1.54, 1.807) is 23.1 Å². The Morgan fingerprint density at radius 2 is 2.09 bits per heavy atom. The summed E-state index contributed by atoms with van der Waals surface area (Å²) in [5, 5.41) is 3.44. The molecule has 0 aromatic heterocycles. The molecule has 2 rings (SSSR count). The SMILES string of the molecule is Cc1cc(Cl)ccc1C(=O)N1C[C@@H](N)C[C@H]1C(=O)NC(C)C. The lowest BCUT2D eigenvalue weighted by Crippen LogP contribution is -2.47. The Kier molecular flexibility index (Phi) is 5.08. The van der Waals surface area contributed by atoms with Gasteiger partial charge in [0.25, 0.3) is 5.91 Å². The molecule has 22 heavy (non-hydrogen) atoms. The monoisotopic (exact) mass is 323 g/mol. The Morgan fingerprint density at radius 1 is 1.41 bits per heavy atom. The van der Waals surface area contributed by atoms with Gasteiger partial charge in [-0.1, -0.05) is 11.6 Å². The molecule has 120 valence electrons. The molecule has 2 amide bonds. The zero-order valence-corrected chi connectivity index (χ0v) is 13.9. The van der Waals surface area contributed by atoms with Crippen LogP contribution in [0.15, 0.2) is 18.2 Å². The molecule has 5 nitrogen and oxygen atoms in total. The lowest BCUT2D eigenvalue weighted by Gasteiger charge is -2.25. The molecule has 0 bridgehead atoms. The van der Waals surface area contributed by atoms with E-state index in [-0.39, 0.29) is 23.9 Å². The van der Waals surface area contributed by atoms with Crippen LogP contribution in [0, 0.1) is 6.92 Å². The molecule has 1 aliphatic rings. The zero-order chi connectivity index (χ0) is 16.4. The second-order valence-electron chi connectivity index (χ2n) is 6.09. The number of nitrogens with one attached hydrogen (secondary N) is 1. The van der Waals surface area contributed by atoms with Gasteiger partial charge >= 0.3 is 0 Å². The fourth-order valence-electron chi connectivity index (χ4n) is 2.74. The molecule has 0 unspecified atom stereocenters. The Morgan fingerprint density at radius 3 is 2.68 bits per heavy atom. The molecule has 2 atom stereocenters. The zero-order valence-electron chi connectivity index (χ0n) is 13.1. The molecular weight excluding hydrogens is 302 g/mol. The number of carbonyl (C=O) groups excluding carboxylic acids is 2. The fourth-order valence-corrected chi connectivity index (χ4v) is 2.97. The van der Waals surface area contributed by atoms with Crippen LogP contribution >= 0.6 is 11.6 Å². The Balaban J connectivity index is 2.24. The fraction of sp³-hybridized carbons (Fsp3) is 0.500. The first-order valence-corrected chi connectivity index (χ1v) is 7.80. The van der Waals surface area contributed by atoms with E-state index < -0.39 is 6.04 Å². The minimum atomic E-state index is -0.514. The molecule has 1 heterocycles. The van der Waals surface area contributed by atoms with Gasteiger partial charge in [-0.15, -0.1) is 0 Å². The lowest BCUT2D eigenvalue weighted by atomic mass is 10.1. The van der Waals surface area contributed by atoms with Gasteiger partial charge in [0.1, 0.15) is 6.04 Å². The van der Waals surface area contributed by atoms with Gasteiger partial charge in [-0.3, -0.25) is 9.59 Å². The van der Waals surface area contributed by atoms with E-state index in [0.29, 0.717) is 23.6 Å². The van der Waals surface area contributed by atoms with Gasteiger partial charge in [0.05, 0.1) is 0 Å². The lowest BCUT2D eigenvalue weighted by molar-refractivity contribution is -0.125. The van der Waals surface area contributed by atoms with Gasteiger partial charge in [0, 0.05) is 29.2 Å². The summed E-state index contributed by atoms with van der Waals surface area (Å²) in [6.45, 7) is 6.00. The maximum atomic E-state index is 12.8. The van der Waals surface area contributed by atoms with Gasteiger partial charge in [0.2, 0.25) is 5.91 Å². The topological polar surface area (TPSA) is 75.4 Å². The quantitative estimate of drug-likeness (QED) is 0.889. The second-order valence-corrected chi connectivity index (χ2v) is 6.53. The highest BCUT2D eigenvalue weighted by Crippen LogP contribution is 2.23. The van der Waals surface area contributed by atoms with E-state index in [1.165, 1.54) is 0 Å². The van der Waals surface area contributed by atoms with Gasteiger partial charge < -0.3 is 16.0 Å². The second kappa shape index (κ2) is 6.67. The normalized spacial score (nSPS) is 21.3. The summed E-state index contributed by atoms with van der Waals surface area (Å²) in [6.07, 6.45) is 0.483. The first-order valence-electron chi connectivity index (χ1n) is 7.42. The van der Waals surface area contributed by atoms with Crippen molar-refractivity contribution in [2.75, 3.05) is 6.54 Å². The predicted octanol–water partition coefficient (Wildman–Crippen LogP) is 1.71. The van der Waals surface area contributed by atoms with Crippen molar-refractivity contribution in [2.24, 2.45) is 5.73 Å². The van der Waals surface area contributed by atoms with Crippen molar-refractivity contribution in [3.05, 3.63) is 34.3 Å². The van der Waals surface area contributed by atoms with Gasteiger partial charge in [0.15, 0.2) is 0 Å². The largest absolute Gasteiger partial charge is 0.352 e. The van der Waals surface area contributed by atoms with Crippen LogP contribution in [0.2, 0.25) is 5.02 Å². The maximum Gasteiger partial charge on any atom is 0.254 e. The molecule has 0 aliphatic carbocycles. The third-order valence-corrected chi connectivity index (χ3v) is 3.98. The third kappa shape index (κ3) is 3.59. The molecule has 1 fully saturated rings. The number of hydrogen-bond acceptors (Lipinski definition) is 3. The molecular formula is C16H22ClN3O2. The number of benzene rings is 1. The Hall–Kier alpha value is -1.59. The molecule has 1 aliphatic heterocycles. The van der Waals surface area contributed by atoms with E-state index in [2.05, 4.69) is 5.32 Å². The first kappa shape index (κ1) is 16.8. The number of hydrogen-bond donors (Lipinski definition) is 2. The van der Waals surface area contributed by atoms with Crippen molar-refractivity contribution in [2.45, 2.75) is 45.3 Å². The highest BCUT2D eigenvalue weighted by atomic mass is 35.5. The number of rotatable bonds is 3. The van der Waals surface area contributed by atoms with Crippen molar-refractivity contribution >= 4 is 23.4 Å². The van der Waals surface area contributed by atoms with Gasteiger partial charge in [-0.2, -0.15) is 0 Å². The molecule has 1 aromatic carbocycles. The number of halogens is 1.